The fourth-order valence-electron chi connectivity index (χ4n) is 1.22. The van der Waals surface area contributed by atoms with Gasteiger partial charge >= 0.3 is 0 Å². The number of nitrogens with zero attached hydrogens (tertiary/aromatic N) is 2. The lowest BCUT2D eigenvalue weighted by Gasteiger charge is -2.00. The minimum Gasteiger partial charge on any atom is -0.449 e. The molecule has 0 bridgehead atoms. The lowest BCUT2D eigenvalue weighted by atomic mass is 10.3. The molecule has 2 aromatic rings. The zero-order valence-corrected chi connectivity index (χ0v) is 9.06. The summed E-state index contributed by atoms with van der Waals surface area (Å²) in [5.74, 6) is 0.151. The molecule has 17 heavy (non-hydrogen) atoms. The Labute approximate surface area is 95.9 Å². The molecule has 0 spiro atoms. The summed E-state index contributed by atoms with van der Waals surface area (Å²) in [4.78, 5) is 26.4. The minimum absolute atomic E-state index is 0.143. The van der Waals surface area contributed by atoms with Crippen molar-refractivity contribution >= 4 is 5.91 Å². The van der Waals surface area contributed by atoms with Gasteiger partial charge in [0, 0.05) is 13.0 Å². The molecular weight excluding hydrogens is 224 g/mol. The molecule has 0 unspecified atom stereocenters. The molecule has 0 atom stereocenters. The molecule has 0 aliphatic carbocycles. The highest BCUT2D eigenvalue weighted by atomic mass is 16.3. The number of hydrogen-bond donors (Lipinski definition) is 2. The van der Waals surface area contributed by atoms with Crippen LogP contribution >= 0.6 is 0 Å². The fourth-order valence-corrected chi connectivity index (χ4v) is 1.22. The monoisotopic (exact) mass is 234 g/mol. The van der Waals surface area contributed by atoms with Crippen LogP contribution in [0.25, 0.3) is 0 Å². The maximum absolute atomic E-state index is 11.6. The fraction of sp³-hybridized carbons (Fsp3) is 0.200. The lowest BCUT2D eigenvalue weighted by molar-refractivity contribution is 0.0944. The number of nitrogens with one attached hydrogen (secondary N) is 2. The first-order chi connectivity index (χ1) is 8.15. The standard InChI is InChI=1S/C10H10N4O3/c1-6-12-7(5-17-6)4-11-10(16)8-2-3-9(15)14-13-8/h2-3,5H,4H2,1H3,(H,11,16)(H,14,15). The van der Waals surface area contributed by atoms with Crippen molar-refractivity contribution in [2.24, 2.45) is 0 Å². The van der Waals surface area contributed by atoms with Crippen LogP contribution in [0.2, 0.25) is 0 Å². The van der Waals surface area contributed by atoms with Gasteiger partial charge in [-0.3, -0.25) is 9.59 Å². The smallest absolute Gasteiger partial charge is 0.272 e. The number of aromatic nitrogens is 3. The van der Waals surface area contributed by atoms with Crippen LogP contribution in [0.15, 0.2) is 27.6 Å². The van der Waals surface area contributed by atoms with E-state index in [4.69, 9.17) is 4.42 Å². The van der Waals surface area contributed by atoms with Gasteiger partial charge in [0.05, 0.1) is 12.2 Å². The van der Waals surface area contributed by atoms with Crippen molar-refractivity contribution in [2.45, 2.75) is 13.5 Å². The minimum atomic E-state index is -0.387. The molecule has 2 N–H and O–H groups in total. The predicted octanol–water partition coefficient (Wildman–Crippen LogP) is -0.00368. The second kappa shape index (κ2) is 4.60. The third-order valence-corrected chi connectivity index (χ3v) is 2.01. The Bertz CT molecular complexity index is 567. The first-order valence-electron chi connectivity index (χ1n) is 4.90. The molecule has 0 saturated heterocycles. The van der Waals surface area contributed by atoms with Gasteiger partial charge in [-0.05, 0) is 6.07 Å². The van der Waals surface area contributed by atoms with Crippen LogP contribution in [-0.2, 0) is 6.54 Å². The SMILES string of the molecule is Cc1nc(CNC(=O)c2ccc(=O)[nH]n2)co1. The number of carbonyl (C=O) groups excluding carboxylic acids is 1. The van der Waals surface area contributed by atoms with Gasteiger partial charge in [0.25, 0.3) is 11.5 Å². The Hall–Kier alpha value is -2.44. The summed E-state index contributed by atoms with van der Waals surface area (Å²) in [6, 6.07) is 2.59. The van der Waals surface area contributed by atoms with Crippen LogP contribution in [-0.4, -0.2) is 21.1 Å². The second-order valence-electron chi connectivity index (χ2n) is 3.35. The zero-order chi connectivity index (χ0) is 12.3. The van der Waals surface area contributed by atoms with Crippen molar-refractivity contribution in [2.75, 3.05) is 0 Å². The molecule has 7 heteroatoms. The van der Waals surface area contributed by atoms with E-state index in [1.54, 1.807) is 6.92 Å². The maximum atomic E-state index is 11.6. The Balaban J connectivity index is 1.98. The number of H-pyrrole nitrogens is 1. The number of amides is 1. The topological polar surface area (TPSA) is 101 Å². The number of hydrogen-bond acceptors (Lipinski definition) is 5. The Morgan fingerprint density at radius 3 is 2.94 bits per heavy atom. The molecule has 88 valence electrons. The average Bonchev–Trinajstić information content (AvgIpc) is 2.73. The quantitative estimate of drug-likeness (QED) is 0.778. The van der Waals surface area contributed by atoms with Crippen molar-refractivity contribution in [1.29, 1.82) is 0 Å². The van der Waals surface area contributed by atoms with Gasteiger partial charge in [-0.15, -0.1) is 0 Å². The Morgan fingerprint density at radius 1 is 1.53 bits per heavy atom. The van der Waals surface area contributed by atoms with Crippen LogP contribution in [0.5, 0.6) is 0 Å². The van der Waals surface area contributed by atoms with Crippen molar-refractivity contribution in [1.82, 2.24) is 20.5 Å². The molecule has 0 aliphatic rings. The Morgan fingerprint density at radius 2 is 2.35 bits per heavy atom. The highest BCUT2D eigenvalue weighted by Gasteiger charge is 2.08. The van der Waals surface area contributed by atoms with E-state index >= 15 is 0 Å². The van der Waals surface area contributed by atoms with Crippen LogP contribution < -0.4 is 10.9 Å². The molecule has 0 radical (unpaired) electrons. The Kier molecular flexibility index (Phi) is 2.99. The summed E-state index contributed by atoms with van der Waals surface area (Å²) in [5, 5.41) is 8.39. The molecule has 0 fully saturated rings. The lowest BCUT2D eigenvalue weighted by Crippen LogP contribution is -2.25. The molecule has 2 aromatic heterocycles. The summed E-state index contributed by atoms with van der Waals surface area (Å²) < 4.78 is 4.99. The van der Waals surface area contributed by atoms with Gasteiger partial charge in [-0.25, -0.2) is 10.1 Å². The molecule has 0 aromatic carbocycles. The van der Waals surface area contributed by atoms with Gasteiger partial charge in [0.15, 0.2) is 5.89 Å². The molecular formula is C10H10N4O3. The van der Waals surface area contributed by atoms with E-state index in [2.05, 4.69) is 20.5 Å². The average molecular weight is 234 g/mol. The van der Waals surface area contributed by atoms with Gasteiger partial charge in [0.1, 0.15) is 12.0 Å². The van der Waals surface area contributed by atoms with E-state index < -0.39 is 0 Å². The molecule has 1 amide bonds. The van der Waals surface area contributed by atoms with Crippen LogP contribution in [0.3, 0.4) is 0 Å². The summed E-state index contributed by atoms with van der Waals surface area (Å²) in [5.41, 5.74) is 0.416. The van der Waals surface area contributed by atoms with Gasteiger partial charge in [0.2, 0.25) is 0 Å². The first-order valence-corrected chi connectivity index (χ1v) is 4.90. The molecule has 0 aliphatic heterocycles. The second-order valence-corrected chi connectivity index (χ2v) is 3.35. The van der Waals surface area contributed by atoms with Gasteiger partial charge in [-0.1, -0.05) is 0 Å². The van der Waals surface area contributed by atoms with Crippen molar-refractivity contribution in [3.05, 3.63) is 46.0 Å². The van der Waals surface area contributed by atoms with Gasteiger partial charge < -0.3 is 9.73 Å². The number of aromatic amines is 1. The summed E-state index contributed by atoms with van der Waals surface area (Å²) in [6.45, 7) is 1.96. The summed E-state index contributed by atoms with van der Waals surface area (Å²) >= 11 is 0. The molecule has 2 heterocycles. The molecule has 2 rings (SSSR count). The van der Waals surface area contributed by atoms with E-state index in [1.807, 2.05) is 0 Å². The van der Waals surface area contributed by atoms with Crippen molar-refractivity contribution in [3.63, 3.8) is 0 Å². The first kappa shape index (κ1) is 11.1. The maximum Gasteiger partial charge on any atom is 0.272 e. The normalized spacial score (nSPS) is 10.2. The van der Waals surface area contributed by atoms with E-state index in [0.29, 0.717) is 11.6 Å². The number of aryl methyl sites for hydroxylation is 1. The van der Waals surface area contributed by atoms with Crippen LogP contribution in [0.4, 0.5) is 0 Å². The van der Waals surface area contributed by atoms with Crippen molar-refractivity contribution < 1.29 is 9.21 Å². The predicted molar refractivity (Wildman–Crippen MR) is 57.3 cm³/mol. The van der Waals surface area contributed by atoms with E-state index in [0.717, 1.165) is 0 Å². The van der Waals surface area contributed by atoms with Crippen LogP contribution in [0, 0.1) is 6.92 Å². The highest BCUT2D eigenvalue weighted by molar-refractivity contribution is 5.91. The number of carbonyl (C=O) groups is 1. The third-order valence-electron chi connectivity index (χ3n) is 2.01. The number of oxazole rings is 1. The van der Waals surface area contributed by atoms with E-state index in [-0.39, 0.29) is 23.7 Å². The summed E-state index contributed by atoms with van der Waals surface area (Å²) in [6.07, 6.45) is 1.47. The van der Waals surface area contributed by atoms with E-state index in [1.165, 1.54) is 18.4 Å². The third kappa shape index (κ3) is 2.77. The summed E-state index contributed by atoms with van der Waals surface area (Å²) in [7, 11) is 0. The largest absolute Gasteiger partial charge is 0.449 e. The molecule has 0 saturated carbocycles. The molecule has 7 nitrogen and oxygen atoms in total. The van der Waals surface area contributed by atoms with E-state index in [9.17, 15) is 9.59 Å². The highest BCUT2D eigenvalue weighted by Crippen LogP contribution is 1.99. The van der Waals surface area contributed by atoms with Crippen molar-refractivity contribution in [3.8, 4) is 0 Å². The van der Waals surface area contributed by atoms with Crippen LogP contribution in [0.1, 0.15) is 22.1 Å². The van der Waals surface area contributed by atoms with Gasteiger partial charge in [-0.2, -0.15) is 5.10 Å². The number of rotatable bonds is 3. The zero-order valence-electron chi connectivity index (χ0n) is 9.06.